The van der Waals surface area contributed by atoms with Crippen molar-refractivity contribution in [3.05, 3.63) is 34.3 Å². The Labute approximate surface area is 80.9 Å². The molecule has 0 fully saturated rings. The summed E-state index contributed by atoms with van der Waals surface area (Å²) in [6.07, 6.45) is 3.96. The molecule has 0 saturated carbocycles. The molecule has 0 radical (unpaired) electrons. The summed E-state index contributed by atoms with van der Waals surface area (Å²) in [6, 6.07) is 1.70. The Morgan fingerprint density at radius 1 is 1.79 bits per heavy atom. The van der Waals surface area contributed by atoms with Gasteiger partial charge in [-0.15, -0.1) is 0 Å². The van der Waals surface area contributed by atoms with Gasteiger partial charge >= 0.3 is 0 Å². The number of methoxy groups -OCH3 is 1. The summed E-state index contributed by atoms with van der Waals surface area (Å²) in [5, 5.41) is 14.1. The van der Waals surface area contributed by atoms with Crippen LogP contribution in [0.1, 0.15) is 5.69 Å². The van der Waals surface area contributed by atoms with Crippen LogP contribution in [-0.4, -0.2) is 28.4 Å². The fraction of sp³-hybridized carbons (Fsp3) is 0.375. The zero-order valence-electron chi connectivity index (χ0n) is 7.79. The molecule has 0 aromatic carbocycles. The summed E-state index contributed by atoms with van der Waals surface area (Å²) >= 11 is 0. The Balaban J connectivity index is 2.54. The molecule has 0 spiro atoms. The molecule has 1 aromatic heterocycles. The zero-order chi connectivity index (χ0) is 10.4. The van der Waals surface area contributed by atoms with Crippen LogP contribution in [0.3, 0.4) is 0 Å². The van der Waals surface area contributed by atoms with E-state index in [0.717, 1.165) is 6.20 Å². The van der Waals surface area contributed by atoms with Gasteiger partial charge in [0.1, 0.15) is 0 Å². The maximum absolute atomic E-state index is 10.0. The molecule has 1 heterocycles. The highest BCUT2D eigenvalue weighted by molar-refractivity contribution is 5.41. The third-order valence-electron chi connectivity index (χ3n) is 1.55. The number of rotatable bonds is 5. The van der Waals surface area contributed by atoms with Crippen LogP contribution in [0.4, 0.5) is 0 Å². The second kappa shape index (κ2) is 5.13. The molecule has 0 aliphatic rings. The lowest BCUT2D eigenvalue weighted by Crippen LogP contribution is -2.04. The fourth-order valence-corrected chi connectivity index (χ4v) is 0.913. The third-order valence-corrected chi connectivity index (χ3v) is 1.55. The summed E-state index contributed by atoms with van der Waals surface area (Å²) in [4.78, 5) is 9.50. The van der Waals surface area contributed by atoms with Gasteiger partial charge in [-0.25, -0.2) is 0 Å². The topological polar surface area (TPSA) is 70.2 Å². The second-order valence-corrected chi connectivity index (χ2v) is 2.60. The van der Waals surface area contributed by atoms with Crippen molar-refractivity contribution in [1.29, 1.82) is 0 Å². The van der Waals surface area contributed by atoms with E-state index in [1.54, 1.807) is 24.1 Å². The summed E-state index contributed by atoms with van der Waals surface area (Å²) in [6.45, 7) is 1.21. The van der Waals surface area contributed by atoms with Crippen molar-refractivity contribution in [3.8, 4) is 0 Å². The van der Waals surface area contributed by atoms with Crippen LogP contribution < -0.4 is 0 Å². The van der Waals surface area contributed by atoms with Gasteiger partial charge in [-0.1, -0.05) is 0 Å². The van der Waals surface area contributed by atoms with Gasteiger partial charge in [0.2, 0.25) is 6.20 Å². The lowest BCUT2D eigenvalue weighted by atomic mass is 10.4. The molecule has 0 aliphatic carbocycles. The van der Waals surface area contributed by atoms with Crippen molar-refractivity contribution in [2.75, 3.05) is 13.7 Å². The summed E-state index contributed by atoms with van der Waals surface area (Å²) in [5.74, 6) is 0. The Morgan fingerprint density at radius 2 is 2.57 bits per heavy atom. The van der Waals surface area contributed by atoms with E-state index in [1.807, 2.05) is 0 Å². The third kappa shape index (κ3) is 3.36. The predicted octanol–water partition coefficient (Wildman–Crippen LogP) is 0.777. The monoisotopic (exact) mass is 197 g/mol. The average Bonchev–Trinajstić information content (AvgIpc) is 2.59. The van der Waals surface area contributed by atoms with Crippen LogP contribution in [0.5, 0.6) is 0 Å². The van der Waals surface area contributed by atoms with Crippen molar-refractivity contribution in [1.82, 2.24) is 9.78 Å². The Hall–Kier alpha value is -1.69. The predicted molar refractivity (Wildman–Crippen MR) is 50.1 cm³/mol. The molecule has 76 valence electrons. The highest BCUT2D eigenvalue weighted by Gasteiger charge is 1.96. The fourth-order valence-electron chi connectivity index (χ4n) is 0.913. The molecule has 0 saturated heterocycles. The first-order valence-electron chi connectivity index (χ1n) is 4.06. The van der Waals surface area contributed by atoms with E-state index in [9.17, 15) is 10.1 Å². The van der Waals surface area contributed by atoms with E-state index >= 15 is 0 Å². The molecule has 0 unspecified atom stereocenters. The molecule has 0 atom stereocenters. The minimum atomic E-state index is -0.520. The number of aromatic nitrogens is 2. The number of ether oxygens (including phenoxy) is 1. The Bertz CT molecular complexity index is 332. The number of hydrogen-bond acceptors (Lipinski definition) is 4. The van der Waals surface area contributed by atoms with E-state index in [1.165, 1.54) is 6.08 Å². The quantitative estimate of drug-likeness (QED) is 0.516. The van der Waals surface area contributed by atoms with Crippen molar-refractivity contribution >= 4 is 6.08 Å². The standard InChI is InChI=1S/C8H11N3O3/c1-14-7-6-10-4-2-8(9-10)3-5-11(12)13/h2-5H,6-7H2,1H3/b5-3+. The second-order valence-electron chi connectivity index (χ2n) is 2.60. The normalized spacial score (nSPS) is 10.9. The van der Waals surface area contributed by atoms with E-state index in [4.69, 9.17) is 4.74 Å². The minimum absolute atomic E-state index is 0.520. The van der Waals surface area contributed by atoms with E-state index in [0.29, 0.717) is 18.8 Å². The van der Waals surface area contributed by atoms with Gasteiger partial charge in [-0.05, 0) is 6.07 Å². The van der Waals surface area contributed by atoms with E-state index in [2.05, 4.69) is 5.10 Å². The summed E-state index contributed by atoms with van der Waals surface area (Å²) < 4.78 is 6.54. The first kappa shape index (κ1) is 10.4. The number of hydrogen-bond donors (Lipinski definition) is 0. The van der Waals surface area contributed by atoms with E-state index in [-0.39, 0.29) is 0 Å². The number of nitrogens with zero attached hydrogens (tertiary/aromatic N) is 3. The SMILES string of the molecule is COCCn1ccc(/C=C/[N+](=O)[O-])n1. The minimum Gasteiger partial charge on any atom is -0.383 e. The van der Waals surface area contributed by atoms with Gasteiger partial charge in [0.25, 0.3) is 0 Å². The first-order valence-corrected chi connectivity index (χ1v) is 4.06. The van der Waals surface area contributed by atoms with Crippen molar-refractivity contribution in [2.24, 2.45) is 0 Å². The van der Waals surface area contributed by atoms with Gasteiger partial charge in [-0.3, -0.25) is 14.8 Å². The highest BCUT2D eigenvalue weighted by atomic mass is 16.6. The van der Waals surface area contributed by atoms with E-state index < -0.39 is 4.92 Å². The Kier molecular flexibility index (Phi) is 3.81. The van der Waals surface area contributed by atoms with Gasteiger partial charge in [0.05, 0.1) is 23.8 Å². The molecule has 6 nitrogen and oxygen atoms in total. The maximum atomic E-state index is 10.0. The van der Waals surface area contributed by atoms with Crippen molar-refractivity contribution in [3.63, 3.8) is 0 Å². The largest absolute Gasteiger partial charge is 0.383 e. The average molecular weight is 197 g/mol. The van der Waals surface area contributed by atoms with Crippen molar-refractivity contribution in [2.45, 2.75) is 6.54 Å². The molecule has 0 N–H and O–H groups in total. The molecular formula is C8H11N3O3. The van der Waals surface area contributed by atoms with Crippen LogP contribution in [0, 0.1) is 10.1 Å². The molecule has 1 aromatic rings. The molecule has 0 bridgehead atoms. The molecular weight excluding hydrogens is 186 g/mol. The van der Waals surface area contributed by atoms with Gasteiger partial charge in [0.15, 0.2) is 0 Å². The molecule has 0 aliphatic heterocycles. The van der Waals surface area contributed by atoms with Gasteiger partial charge in [-0.2, -0.15) is 5.10 Å². The van der Waals surface area contributed by atoms with Crippen molar-refractivity contribution < 1.29 is 9.66 Å². The van der Waals surface area contributed by atoms with Crippen LogP contribution >= 0.6 is 0 Å². The van der Waals surface area contributed by atoms with Crippen LogP contribution in [0.2, 0.25) is 0 Å². The first-order chi connectivity index (χ1) is 6.72. The molecule has 14 heavy (non-hydrogen) atoms. The summed E-state index contributed by atoms with van der Waals surface area (Å²) in [5.41, 5.74) is 0.567. The molecule has 6 heteroatoms. The van der Waals surface area contributed by atoms with Crippen LogP contribution in [0.25, 0.3) is 6.08 Å². The zero-order valence-corrected chi connectivity index (χ0v) is 7.79. The molecule has 0 amide bonds. The number of nitro groups is 1. The highest BCUT2D eigenvalue weighted by Crippen LogP contribution is 1.98. The van der Waals surface area contributed by atoms with Gasteiger partial charge < -0.3 is 4.74 Å². The maximum Gasteiger partial charge on any atom is 0.236 e. The lowest BCUT2D eigenvalue weighted by molar-refractivity contribution is -0.401. The van der Waals surface area contributed by atoms with Crippen LogP contribution in [-0.2, 0) is 11.3 Å². The lowest BCUT2D eigenvalue weighted by Gasteiger charge is -1.97. The Morgan fingerprint density at radius 3 is 3.21 bits per heavy atom. The van der Waals surface area contributed by atoms with Gasteiger partial charge in [0, 0.05) is 19.4 Å². The van der Waals surface area contributed by atoms with Crippen LogP contribution in [0.15, 0.2) is 18.5 Å². The molecule has 1 rings (SSSR count). The smallest absolute Gasteiger partial charge is 0.236 e. The summed E-state index contributed by atoms with van der Waals surface area (Å²) in [7, 11) is 1.61.